The third kappa shape index (κ3) is 1.14. The van der Waals surface area contributed by atoms with E-state index in [9.17, 15) is 14.9 Å². The van der Waals surface area contributed by atoms with Crippen LogP contribution >= 0.6 is 0 Å². The normalized spacial score (nSPS) is 23.7. The summed E-state index contributed by atoms with van der Waals surface area (Å²) in [4.78, 5) is 20.9. The van der Waals surface area contributed by atoms with Gasteiger partial charge in [0.25, 0.3) is 6.17 Å². The predicted octanol–water partition coefficient (Wildman–Crippen LogP) is 0.997. The highest BCUT2D eigenvalue weighted by molar-refractivity contribution is 5.73. The number of nitrogens with zero attached hydrogens (tertiary/aromatic N) is 1. The monoisotopic (exact) mass is 192 g/mol. The molecule has 5 heteroatoms. The van der Waals surface area contributed by atoms with E-state index in [1.807, 2.05) is 0 Å². The van der Waals surface area contributed by atoms with Crippen molar-refractivity contribution >= 4 is 12.0 Å². The van der Waals surface area contributed by atoms with Crippen LogP contribution in [0.4, 0.5) is 5.69 Å². The van der Waals surface area contributed by atoms with Gasteiger partial charge >= 0.3 is 0 Å². The lowest BCUT2D eigenvalue weighted by molar-refractivity contribution is -0.515. The molecule has 2 atom stereocenters. The first-order valence-corrected chi connectivity index (χ1v) is 4.18. The molecule has 0 amide bonds. The maximum absolute atomic E-state index is 10.7. The summed E-state index contributed by atoms with van der Waals surface area (Å²) in [6.45, 7) is 0. The van der Waals surface area contributed by atoms with Gasteiger partial charge < -0.3 is 10.1 Å². The summed E-state index contributed by atoms with van der Waals surface area (Å²) in [7, 11) is 0. The van der Waals surface area contributed by atoms with E-state index in [0.29, 0.717) is 17.5 Å². The van der Waals surface area contributed by atoms with Gasteiger partial charge in [-0.15, -0.1) is 0 Å². The van der Waals surface area contributed by atoms with Crippen LogP contribution in [0.5, 0.6) is 0 Å². The minimum absolute atomic E-state index is 0.473. The average Bonchev–Trinajstić information content (AvgIpc) is 2.56. The fraction of sp³-hybridized carbons (Fsp3) is 0.222. The minimum Gasteiger partial charge on any atom is -0.322 e. The molecule has 0 fully saturated rings. The third-order valence-corrected chi connectivity index (χ3v) is 2.34. The molecule has 1 aromatic carbocycles. The van der Waals surface area contributed by atoms with Gasteiger partial charge in [0.1, 0.15) is 12.2 Å². The molecule has 1 aliphatic heterocycles. The molecule has 1 N–H and O–H groups in total. The van der Waals surface area contributed by atoms with Gasteiger partial charge in [0.05, 0.1) is 0 Å². The van der Waals surface area contributed by atoms with Gasteiger partial charge in [-0.2, -0.15) is 0 Å². The highest BCUT2D eigenvalue weighted by Gasteiger charge is 2.39. The van der Waals surface area contributed by atoms with Gasteiger partial charge in [-0.25, -0.2) is 0 Å². The molecule has 14 heavy (non-hydrogen) atoms. The summed E-state index contributed by atoms with van der Waals surface area (Å²) in [5.74, 6) is -0.679. The van der Waals surface area contributed by atoms with Gasteiger partial charge in [-0.1, -0.05) is 18.2 Å². The van der Waals surface area contributed by atoms with Crippen LogP contribution in [-0.2, 0) is 4.79 Å². The second-order valence-electron chi connectivity index (χ2n) is 3.12. The smallest absolute Gasteiger partial charge is 0.298 e. The number of aldehydes is 1. The number of para-hydroxylation sites is 1. The maximum Gasteiger partial charge on any atom is 0.298 e. The molecule has 1 aliphatic rings. The van der Waals surface area contributed by atoms with Crippen LogP contribution < -0.4 is 5.32 Å². The number of nitrogens with one attached hydrogen (secondary N) is 1. The van der Waals surface area contributed by atoms with Crippen LogP contribution in [0.3, 0.4) is 0 Å². The molecule has 0 aromatic heterocycles. The number of benzene rings is 1. The molecular formula is C9H8N2O3. The molecule has 1 heterocycles. The molecule has 0 saturated carbocycles. The fourth-order valence-corrected chi connectivity index (χ4v) is 1.67. The highest BCUT2D eigenvalue weighted by atomic mass is 16.6. The quantitative estimate of drug-likeness (QED) is 0.431. The van der Waals surface area contributed by atoms with Crippen LogP contribution in [0, 0.1) is 10.1 Å². The van der Waals surface area contributed by atoms with E-state index >= 15 is 0 Å². The van der Waals surface area contributed by atoms with Gasteiger partial charge in [0, 0.05) is 10.6 Å². The summed E-state index contributed by atoms with van der Waals surface area (Å²) in [5.41, 5.74) is 1.37. The highest BCUT2D eigenvalue weighted by Crippen LogP contribution is 2.34. The molecule has 0 aliphatic carbocycles. The Kier molecular flexibility index (Phi) is 1.92. The number of carbonyl (C=O) groups is 1. The Bertz CT molecular complexity index is 391. The summed E-state index contributed by atoms with van der Waals surface area (Å²) >= 11 is 0. The van der Waals surface area contributed by atoms with Crippen molar-refractivity contribution < 1.29 is 9.72 Å². The lowest BCUT2D eigenvalue weighted by atomic mass is 10.0. The first-order chi connectivity index (χ1) is 6.74. The fourth-order valence-electron chi connectivity index (χ4n) is 1.67. The number of carbonyl (C=O) groups excluding carboxylic acids is 1. The van der Waals surface area contributed by atoms with Crippen LogP contribution in [-0.4, -0.2) is 17.4 Å². The molecule has 1 aromatic rings. The summed E-state index contributed by atoms with van der Waals surface area (Å²) in [5, 5.41) is 13.3. The Morgan fingerprint density at radius 1 is 1.43 bits per heavy atom. The molecule has 0 saturated heterocycles. The van der Waals surface area contributed by atoms with Crippen LogP contribution in [0.2, 0.25) is 0 Å². The molecule has 0 bridgehead atoms. The number of hydrogen-bond donors (Lipinski definition) is 1. The lowest BCUT2D eigenvalue weighted by Crippen LogP contribution is -2.30. The van der Waals surface area contributed by atoms with E-state index in [-0.39, 0.29) is 0 Å². The van der Waals surface area contributed by atoms with Crippen LogP contribution in [0.25, 0.3) is 0 Å². The largest absolute Gasteiger partial charge is 0.322 e. The Morgan fingerprint density at radius 2 is 2.14 bits per heavy atom. The molecule has 2 rings (SSSR count). The van der Waals surface area contributed by atoms with Crippen molar-refractivity contribution in [3.05, 3.63) is 39.9 Å². The summed E-state index contributed by atoms with van der Waals surface area (Å²) in [6.07, 6.45) is -0.406. The van der Waals surface area contributed by atoms with E-state index < -0.39 is 17.0 Å². The standard InChI is InChI=1S/C9H8N2O3/c12-5-7-6-3-1-2-4-8(6)10-9(7)11(13)14/h1-5,7,9-10H. The molecule has 0 radical (unpaired) electrons. The van der Waals surface area contributed by atoms with Crippen LogP contribution in [0.1, 0.15) is 11.5 Å². The number of fused-ring (bicyclic) bond motifs is 1. The van der Waals surface area contributed by atoms with Crippen molar-refractivity contribution in [2.24, 2.45) is 0 Å². The molecule has 2 unspecified atom stereocenters. The van der Waals surface area contributed by atoms with Gasteiger partial charge in [-0.3, -0.25) is 10.1 Å². The van der Waals surface area contributed by atoms with Crippen molar-refractivity contribution in [1.29, 1.82) is 0 Å². The third-order valence-electron chi connectivity index (χ3n) is 2.34. The van der Waals surface area contributed by atoms with E-state index in [4.69, 9.17) is 0 Å². The van der Waals surface area contributed by atoms with Gasteiger partial charge in [-0.05, 0) is 11.6 Å². The topological polar surface area (TPSA) is 72.2 Å². The Balaban J connectivity index is 2.43. The number of rotatable bonds is 2. The summed E-state index contributed by atoms with van der Waals surface area (Å²) < 4.78 is 0. The maximum atomic E-state index is 10.7. The van der Waals surface area contributed by atoms with E-state index in [0.717, 1.165) is 0 Å². The van der Waals surface area contributed by atoms with Crippen molar-refractivity contribution in [3.8, 4) is 0 Å². The van der Waals surface area contributed by atoms with Crippen molar-refractivity contribution in [2.75, 3.05) is 5.32 Å². The summed E-state index contributed by atoms with van der Waals surface area (Å²) in [6, 6.07) is 7.00. The SMILES string of the molecule is O=CC1c2ccccc2NC1[N+](=O)[O-]. The van der Waals surface area contributed by atoms with Gasteiger partial charge in [0.2, 0.25) is 0 Å². The first kappa shape index (κ1) is 8.68. The van der Waals surface area contributed by atoms with Crippen molar-refractivity contribution in [3.63, 3.8) is 0 Å². The van der Waals surface area contributed by atoms with Crippen LogP contribution in [0.15, 0.2) is 24.3 Å². The zero-order valence-corrected chi connectivity index (χ0v) is 7.21. The lowest BCUT2D eigenvalue weighted by Gasteiger charge is -2.05. The number of nitro groups is 1. The first-order valence-electron chi connectivity index (χ1n) is 4.18. The van der Waals surface area contributed by atoms with E-state index in [2.05, 4.69) is 5.32 Å². The second kappa shape index (κ2) is 3.10. The molecule has 0 spiro atoms. The van der Waals surface area contributed by atoms with E-state index in [1.165, 1.54) is 0 Å². The van der Waals surface area contributed by atoms with Crippen molar-refractivity contribution in [2.45, 2.75) is 12.1 Å². The molecular weight excluding hydrogens is 184 g/mol. The number of anilines is 1. The minimum atomic E-state index is -1.02. The molecule has 5 nitrogen and oxygen atoms in total. The van der Waals surface area contributed by atoms with Crippen molar-refractivity contribution in [1.82, 2.24) is 0 Å². The zero-order valence-electron chi connectivity index (χ0n) is 7.21. The zero-order chi connectivity index (χ0) is 10.1. The Morgan fingerprint density at radius 3 is 2.79 bits per heavy atom. The Hall–Kier alpha value is -1.91. The number of hydrogen-bond acceptors (Lipinski definition) is 4. The Labute approximate surface area is 79.9 Å². The molecule has 72 valence electrons. The average molecular weight is 192 g/mol. The van der Waals surface area contributed by atoms with Gasteiger partial charge in [0.15, 0.2) is 0 Å². The second-order valence-corrected chi connectivity index (χ2v) is 3.12. The predicted molar refractivity (Wildman–Crippen MR) is 49.7 cm³/mol. The van der Waals surface area contributed by atoms with E-state index in [1.54, 1.807) is 24.3 Å².